The van der Waals surface area contributed by atoms with E-state index in [2.05, 4.69) is 6.92 Å². The summed E-state index contributed by atoms with van der Waals surface area (Å²) in [5, 5.41) is 22.4. The topological polar surface area (TPSA) is 83.8 Å². The molecule has 0 aromatic heterocycles. The maximum Gasteiger partial charge on any atom is 0.311 e. The molecule has 5 heteroatoms. The van der Waals surface area contributed by atoms with Gasteiger partial charge in [-0.1, -0.05) is 13.8 Å². The highest BCUT2D eigenvalue weighted by Crippen LogP contribution is 2.72. The number of hydrogen-bond acceptors (Lipinski definition) is 5. The molecule has 0 aliphatic heterocycles. The van der Waals surface area contributed by atoms with Crippen molar-refractivity contribution in [1.82, 2.24) is 0 Å². The summed E-state index contributed by atoms with van der Waals surface area (Å²) in [5.41, 5.74) is -1.95. The van der Waals surface area contributed by atoms with Crippen LogP contribution in [-0.2, 0) is 14.3 Å². The average Bonchev–Trinajstić information content (AvgIpc) is 2.79. The van der Waals surface area contributed by atoms with Gasteiger partial charge in [-0.2, -0.15) is 0 Å². The second kappa shape index (κ2) is 5.32. The lowest BCUT2D eigenvalue weighted by Crippen LogP contribution is -2.67. The highest BCUT2D eigenvalue weighted by Gasteiger charge is 2.72. The van der Waals surface area contributed by atoms with Crippen LogP contribution in [0.5, 0.6) is 0 Å². The maximum atomic E-state index is 12.8. The van der Waals surface area contributed by atoms with Crippen molar-refractivity contribution in [2.45, 2.75) is 77.9 Å². The maximum absolute atomic E-state index is 12.8. The molecule has 2 bridgehead atoms. The Morgan fingerprint density at radius 2 is 1.77 bits per heavy atom. The van der Waals surface area contributed by atoms with E-state index in [-0.39, 0.29) is 29.0 Å². The van der Waals surface area contributed by atoms with Gasteiger partial charge in [-0.15, -0.1) is 0 Å². The predicted octanol–water partition coefficient (Wildman–Crippen LogP) is 2.47. The lowest BCUT2D eigenvalue weighted by atomic mass is 9.39. The van der Waals surface area contributed by atoms with Crippen LogP contribution in [0.25, 0.3) is 0 Å². The van der Waals surface area contributed by atoms with Gasteiger partial charge in [0.15, 0.2) is 0 Å². The van der Waals surface area contributed by atoms with Crippen molar-refractivity contribution < 1.29 is 24.5 Å². The minimum Gasteiger partial charge on any atom is -0.469 e. The zero-order valence-corrected chi connectivity index (χ0v) is 16.4. The third kappa shape index (κ3) is 1.94. The largest absolute Gasteiger partial charge is 0.469 e. The molecule has 0 saturated heterocycles. The number of carbonyl (C=O) groups excluding carboxylic acids is 2. The van der Waals surface area contributed by atoms with Gasteiger partial charge in [0.05, 0.1) is 24.7 Å². The molecule has 0 amide bonds. The summed E-state index contributed by atoms with van der Waals surface area (Å²) in [6.07, 6.45) is 3.25. The molecule has 0 radical (unpaired) electrons. The molecule has 4 fully saturated rings. The number of Topliss-reactive ketones (excluding diaryl/α,β-unsaturated/α-hetero) is 1. The lowest BCUT2D eigenvalue weighted by molar-refractivity contribution is -0.242. The number of ketones is 1. The van der Waals surface area contributed by atoms with Crippen LogP contribution in [0.2, 0.25) is 0 Å². The standard InChI is InChI=1S/C21H32O5/c1-18-7-5-12-20(3)13(9-15(23)21(12,11-18)10-16(18)24)19(2,17(25)26-4)8-6-14(20)22/h12-15,22-23H,5-11H2,1-4H3/t12-,13+,14-,15-,18-,19+,20-,21+/m0/s1. The normalized spacial score (nSPS) is 55.8. The van der Waals surface area contributed by atoms with E-state index in [9.17, 15) is 19.8 Å². The molecule has 26 heavy (non-hydrogen) atoms. The number of methoxy groups -OCH3 is 1. The first kappa shape index (κ1) is 18.4. The Hall–Kier alpha value is -0.940. The molecular weight excluding hydrogens is 332 g/mol. The predicted molar refractivity (Wildman–Crippen MR) is 95.1 cm³/mol. The van der Waals surface area contributed by atoms with Crippen LogP contribution in [-0.4, -0.2) is 41.3 Å². The van der Waals surface area contributed by atoms with Crippen molar-refractivity contribution in [1.29, 1.82) is 0 Å². The van der Waals surface area contributed by atoms with Gasteiger partial charge in [-0.25, -0.2) is 0 Å². The van der Waals surface area contributed by atoms with E-state index in [1.807, 2.05) is 13.8 Å². The molecule has 5 nitrogen and oxygen atoms in total. The van der Waals surface area contributed by atoms with Crippen LogP contribution in [0.4, 0.5) is 0 Å². The Kier molecular flexibility index (Phi) is 3.77. The van der Waals surface area contributed by atoms with Gasteiger partial charge in [0.25, 0.3) is 0 Å². The lowest BCUT2D eigenvalue weighted by Gasteiger charge is -2.66. The summed E-state index contributed by atoms with van der Waals surface area (Å²) < 4.78 is 5.13. The summed E-state index contributed by atoms with van der Waals surface area (Å²) in [4.78, 5) is 25.4. The van der Waals surface area contributed by atoms with Crippen LogP contribution < -0.4 is 0 Å². The number of ether oxygens (including phenoxy) is 1. The molecule has 2 N–H and O–H groups in total. The Labute approximate surface area is 155 Å². The Morgan fingerprint density at radius 3 is 2.42 bits per heavy atom. The molecular formula is C21H32O5. The molecule has 4 aliphatic rings. The van der Waals surface area contributed by atoms with E-state index in [0.29, 0.717) is 32.1 Å². The fourth-order valence-electron chi connectivity index (χ4n) is 7.79. The third-order valence-corrected chi connectivity index (χ3v) is 9.26. The van der Waals surface area contributed by atoms with Crippen LogP contribution in [0.3, 0.4) is 0 Å². The van der Waals surface area contributed by atoms with Gasteiger partial charge < -0.3 is 14.9 Å². The van der Waals surface area contributed by atoms with Crippen LogP contribution in [0.15, 0.2) is 0 Å². The van der Waals surface area contributed by atoms with E-state index in [1.165, 1.54) is 7.11 Å². The summed E-state index contributed by atoms with van der Waals surface area (Å²) in [5.74, 6) is -0.0616. The molecule has 4 aliphatic carbocycles. The number of esters is 1. The number of rotatable bonds is 1. The second-order valence-electron chi connectivity index (χ2n) is 10.3. The molecule has 4 saturated carbocycles. The molecule has 0 unspecified atom stereocenters. The molecule has 0 heterocycles. The molecule has 4 rings (SSSR count). The van der Waals surface area contributed by atoms with Crippen molar-refractivity contribution in [2.75, 3.05) is 7.11 Å². The van der Waals surface area contributed by atoms with E-state index < -0.39 is 28.5 Å². The van der Waals surface area contributed by atoms with E-state index in [0.717, 1.165) is 12.8 Å². The van der Waals surface area contributed by atoms with Crippen molar-refractivity contribution in [3.8, 4) is 0 Å². The van der Waals surface area contributed by atoms with Crippen molar-refractivity contribution in [3.05, 3.63) is 0 Å². The van der Waals surface area contributed by atoms with Crippen LogP contribution in [0, 0.1) is 33.5 Å². The molecule has 0 aromatic rings. The van der Waals surface area contributed by atoms with Crippen molar-refractivity contribution >= 4 is 11.8 Å². The van der Waals surface area contributed by atoms with Gasteiger partial charge in [-0.05, 0) is 57.3 Å². The Morgan fingerprint density at radius 1 is 1.08 bits per heavy atom. The fourth-order valence-corrected chi connectivity index (χ4v) is 7.79. The van der Waals surface area contributed by atoms with Gasteiger partial charge in [0.2, 0.25) is 0 Å². The molecule has 1 spiro atoms. The second-order valence-corrected chi connectivity index (χ2v) is 10.3. The summed E-state index contributed by atoms with van der Waals surface area (Å²) in [6.45, 7) is 6.08. The van der Waals surface area contributed by atoms with Gasteiger partial charge in [-0.3, -0.25) is 9.59 Å². The zero-order valence-electron chi connectivity index (χ0n) is 16.4. The molecule has 0 aromatic carbocycles. The number of hydrogen-bond donors (Lipinski definition) is 2. The fraction of sp³-hybridized carbons (Fsp3) is 0.905. The summed E-state index contributed by atoms with van der Waals surface area (Å²) in [6, 6.07) is 0. The number of aliphatic hydroxyl groups excluding tert-OH is 2. The first-order chi connectivity index (χ1) is 12.0. The smallest absolute Gasteiger partial charge is 0.311 e. The average molecular weight is 364 g/mol. The minimum absolute atomic E-state index is 0.0579. The number of carbonyl (C=O) groups is 2. The van der Waals surface area contributed by atoms with Crippen LogP contribution in [0.1, 0.15) is 65.7 Å². The third-order valence-electron chi connectivity index (χ3n) is 9.26. The van der Waals surface area contributed by atoms with Crippen molar-refractivity contribution in [2.24, 2.45) is 33.5 Å². The number of aliphatic hydroxyl groups is 2. The van der Waals surface area contributed by atoms with E-state index in [4.69, 9.17) is 4.74 Å². The first-order valence-corrected chi connectivity index (χ1v) is 10.0. The van der Waals surface area contributed by atoms with Gasteiger partial charge in [0.1, 0.15) is 5.78 Å². The Balaban J connectivity index is 1.83. The van der Waals surface area contributed by atoms with E-state index in [1.54, 1.807) is 0 Å². The monoisotopic (exact) mass is 364 g/mol. The van der Waals surface area contributed by atoms with Crippen molar-refractivity contribution in [3.63, 3.8) is 0 Å². The zero-order chi connectivity index (χ0) is 19.1. The van der Waals surface area contributed by atoms with Gasteiger partial charge in [0, 0.05) is 22.7 Å². The summed E-state index contributed by atoms with van der Waals surface area (Å²) in [7, 11) is 1.42. The minimum atomic E-state index is -0.700. The van der Waals surface area contributed by atoms with Gasteiger partial charge >= 0.3 is 5.97 Å². The molecule has 146 valence electrons. The highest BCUT2D eigenvalue weighted by molar-refractivity contribution is 5.88. The highest BCUT2D eigenvalue weighted by atomic mass is 16.5. The SMILES string of the molecule is COC(=O)[C@]1(C)CC[C@H](O)[C@@]2(C)[C@@H]3CC[C@@]4(C)C[C@@]3(CC4=O)[C@@H](O)C[C@@H]21. The first-order valence-electron chi connectivity index (χ1n) is 10.0. The Bertz CT molecular complexity index is 661. The molecule has 8 atom stereocenters. The van der Waals surface area contributed by atoms with Crippen LogP contribution >= 0.6 is 0 Å². The number of fused-ring (bicyclic) bond motifs is 3. The van der Waals surface area contributed by atoms with E-state index >= 15 is 0 Å². The summed E-state index contributed by atoms with van der Waals surface area (Å²) >= 11 is 0. The quantitative estimate of drug-likeness (QED) is 0.699.